The van der Waals surface area contributed by atoms with Crippen molar-refractivity contribution in [1.29, 1.82) is 0 Å². The molecule has 0 saturated carbocycles. The number of carbonyl (C=O) groups is 3. The summed E-state index contributed by atoms with van der Waals surface area (Å²) < 4.78 is 31.9. The number of carboxylic acid groups (broad SMARTS) is 1. The van der Waals surface area contributed by atoms with Crippen LogP contribution in [0.5, 0.6) is 0 Å². The molecule has 0 aliphatic carbocycles. The lowest BCUT2D eigenvalue weighted by molar-refractivity contribution is -0.126. The second-order valence-electron chi connectivity index (χ2n) is 5.79. The predicted molar refractivity (Wildman–Crippen MR) is 84.3 cm³/mol. The molecular formula is C17H14F2N2O5. The van der Waals surface area contributed by atoms with Gasteiger partial charge in [-0.15, -0.1) is 0 Å². The van der Waals surface area contributed by atoms with Gasteiger partial charge in [0.05, 0.1) is 18.2 Å². The molecule has 136 valence electrons. The van der Waals surface area contributed by atoms with E-state index in [1.807, 2.05) is 0 Å². The van der Waals surface area contributed by atoms with Crippen molar-refractivity contribution in [3.05, 3.63) is 53.5 Å². The number of furan rings is 1. The molecule has 3 rings (SSSR count). The number of aromatic carboxylic acids is 1. The van der Waals surface area contributed by atoms with E-state index in [-0.39, 0.29) is 36.7 Å². The van der Waals surface area contributed by atoms with E-state index in [2.05, 4.69) is 5.32 Å². The number of nitrogens with zero attached hydrogens (tertiary/aromatic N) is 1. The Kier molecular flexibility index (Phi) is 4.70. The predicted octanol–water partition coefficient (Wildman–Crippen LogP) is 1.93. The molecule has 2 N–H and O–H groups in total. The number of hydrogen-bond acceptors (Lipinski definition) is 4. The van der Waals surface area contributed by atoms with Crippen LogP contribution in [-0.2, 0) is 16.1 Å². The largest absolute Gasteiger partial charge is 0.475 e. The monoisotopic (exact) mass is 364 g/mol. The molecule has 2 amide bonds. The van der Waals surface area contributed by atoms with Crippen LogP contribution in [0.4, 0.5) is 14.5 Å². The van der Waals surface area contributed by atoms with Crippen molar-refractivity contribution in [2.24, 2.45) is 5.92 Å². The molecular weight excluding hydrogens is 350 g/mol. The van der Waals surface area contributed by atoms with Crippen LogP contribution < -0.4 is 10.2 Å². The summed E-state index contributed by atoms with van der Waals surface area (Å²) in [6.07, 6.45) is -0.110. The van der Waals surface area contributed by atoms with Crippen LogP contribution in [0.15, 0.2) is 34.7 Å². The van der Waals surface area contributed by atoms with Gasteiger partial charge in [-0.05, 0) is 24.3 Å². The number of carbonyl (C=O) groups excluding carboxylic acids is 2. The third-order valence-electron chi connectivity index (χ3n) is 4.01. The van der Waals surface area contributed by atoms with E-state index in [4.69, 9.17) is 9.52 Å². The van der Waals surface area contributed by atoms with Crippen molar-refractivity contribution in [1.82, 2.24) is 5.32 Å². The molecule has 1 unspecified atom stereocenters. The minimum absolute atomic E-state index is 0.0360. The van der Waals surface area contributed by atoms with Gasteiger partial charge in [-0.3, -0.25) is 9.59 Å². The molecule has 1 aromatic heterocycles. The van der Waals surface area contributed by atoms with Crippen molar-refractivity contribution in [3.8, 4) is 0 Å². The topological polar surface area (TPSA) is 99.8 Å². The lowest BCUT2D eigenvalue weighted by Gasteiger charge is -2.17. The summed E-state index contributed by atoms with van der Waals surface area (Å²) in [4.78, 5) is 36.1. The van der Waals surface area contributed by atoms with E-state index in [1.165, 1.54) is 12.1 Å². The van der Waals surface area contributed by atoms with Gasteiger partial charge in [0.1, 0.15) is 17.4 Å². The lowest BCUT2D eigenvalue weighted by atomic mass is 10.1. The molecule has 1 fully saturated rings. The zero-order valence-corrected chi connectivity index (χ0v) is 13.4. The van der Waals surface area contributed by atoms with E-state index in [9.17, 15) is 23.2 Å². The van der Waals surface area contributed by atoms with E-state index in [0.29, 0.717) is 6.07 Å². The molecule has 2 heterocycles. The van der Waals surface area contributed by atoms with Crippen molar-refractivity contribution in [2.75, 3.05) is 11.4 Å². The van der Waals surface area contributed by atoms with E-state index >= 15 is 0 Å². The summed E-state index contributed by atoms with van der Waals surface area (Å²) in [7, 11) is 0. The highest BCUT2D eigenvalue weighted by molar-refractivity contribution is 6.00. The van der Waals surface area contributed by atoms with Crippen LogP contribution in [0.3, 0.4) is 0 Å². The highest BCUT2D eigenvalue weighted by atomic mass is 19.1. The third-order valence-corrected chi connectivity index (χ3v) is 4.01. The molecule has 0 bridgehead atoms. The second kappa shape index (κ2) is 6.95. The van der Waals surface area contributed by atoms with Crippen molar-refractivity contribution >= 4 is 23.5 Å². The number of rotatable bonds is 5. The zero-order chi connectivity index (χ0) is 18.8. The van der Waals surface area contributed by atoms with Crippen molar-refractivity contribution in [3.63, 3.8) is 0 Å². The fourth-order valence-corrected chi connectivity index (χ4v) is 2.72. The summed E-state index contributed by atoms with van der Waals surface area (Å²) >= 11 is 0. The Morgan fingerprint density at radius 3 is 2.69 bits per heavy atom. The van der Waals surface area contributed by atoms with Gasteiger partial charge in [-0.2, -0.15) is 0 Å². The quantitative estimate of drug-likeness (QED) is 0.844. The number of hydrogen-bond donors (Lipinski definition) is 2. The summed E-state index contributed by atoms with van der Waals surface area (Å²) in [6, 6.07) is 5.55. The van der Waals surface area contributed by atoms with E-state index in [0.717, 1.165) is 17.0 Å². The Labute approximate surface area is 146 Å². The maximum atomic E-state index is 13.8. The van der Waals surface area contributed by atoms with Gasteiger partial charge in [0.15, 0.2) is 0 Å². The normalized spacial score (nSPS) is 16.8. The Morgan fingerprint density at radius 1 is 1.27 bits per heavy atom. The van der Waals surface area contributed by atoms with Gasteiger partial charge in [0.25, 0.3) is 0 Å². The second-order valence-corrected chi connectivity index (χ2v) is 5.79. The molecule has 0 radical (unpaired) electrons. The van der Waals surface area contributed by atoms with Crippen LogP contribution in [0.25, 0.3) is 0 Å². The number of carboxylic acids is 1. The van der Waals surface area contributed by atoms with Gasteiger partial charge >= 0.3 is 5.97 Å². The third kappa shape index (κ3) is 3.56. The highest BCUT2D eigenvalue weighted by Crippen LogP contribution is 2.28. The smallest absolute Gasteiger partial charge is 0.371 e. The molecule has 0 spiro atoms. The number of halogens is 2. The van der Waals surface area contributed by atoms with Crippen molar-refractivity contribution in [2.45, 2.75) is 13.0 Å². The number of benzene rings is 1. The average Bonchev–Trinajstić information content (AvgIpc) is 3.20. The first-order valence-corrected chi connectivity index (χ1v) is 7.70. The van der Waals surface area contributed by atoms with Crippen molar-refractivity contribution < 1.29 is 32.7 Å². The van der Waals surface area contributed by atoms with Crippen LogP contribution >= 0.6 is 0 Å². The Morgan fingerprint density at radius 2 is 2.04 bits per heavy atom. The minimum atomic E-state index is -1.22. The first kappa shape index (κ1) is 17.6. The lowest BCUT2D eigenvalue weighted by Crippen LogP contribution is -2.32. The van der Waals surface area contributed by atoms with Crippen LogP contribution in [-0.4, -0.2) is 29.4 Å². The number of amides is 2. The van der Waals surface area contributed by atoms with Gasteiger partial charge in [-0.1, -0.05) is 0 Å². The number of nitrogens with one attached hydrogen (secondary N) is 1. The highest BCUT2D eigenvalue weighted by Gasteiger charge is 2.36. The van der Waals surface area contributed by atoms with Gasteiger partial charge in [-0.25, -0.2) is 13.6 Å². The van der Waals surface area contributed by atoms with Crippen LogP contribution in [0, 0.1) is 17.6 Å². The first-order chi connectivity index (χ1) is 12.3. The SMILES string of the molecule is O=C(O)c1ccc(CNC(=O)C2CC(=O)N(c3ccc(F)cc3F)C2)o1. The fraction of sp³-hybridized carbons (Fsp3) is 0.235. The van der Waals surface area contributed by atoms with Gasteiger partial charge < -0.3 is 19.7 Å². The average molecular weight is 364 g/mol. The van der Waals surface area contributed by atoms with Crippen LogP contribution in [0.1, 0.15) is 22.7 Å². The molecule has 26 heavy (non-hydrogen) atoms. The molecule has 2 aromatic rings. The Bertz CT molecular complexity index is 880. The standard InChI is InChI=1S/C17H14F2N2O5/c18-10-1-3-13(12(19)6-10)21-8-9(5-15(21)22)16(23)20-7-11-2-4-14(26-11)17(24)25/h1-4,6,9H,5,7-8H2,(H,20,23)(H,24,25). The molecule has 1 aromatic carbocycles. The molecule has 1 aliphatic heterocycles. The number of anilines is 1. The maximum absolute atomic E-state index is 13.8. The zero-order valence-electron chi connectivity index (χ0n) is 13.4. The molecule has 1 saturated heterocycles. The molecule has 1 aliphatic rings. The van der Waals surface area contributed by atoms with Gasteiger partial charge in [0.2, 0.25) is 17.6 Å². The summed E-state index contributed by atoms with van der Waals surface area (Å²) in [5.41, 5.74) is -0.0798. The molecule has 9 heteroatoms. The minimum Gasteiger partial charge on any atom is -0.475 e. The Balaban J connectivity index is 1.62. The van der Waals surface area contributed by atoms with E-state index < -0.39 is 35.3 Å². The summed E-state index contributed by atoms with van der Waals surface area (Å²) in [5, 5.41) is 11.3. The molecule has 1 atom stereocenters. The van der Waals surface area contributed by atoms with E-state index in [1.54, 1.807) is 0 Å². The summed E-state index contributed by atoms with van der Waals surface area (Å²) in [6.45, 7) is -0.0759. The Hall–Kier alpha value is -3.23. The fourth-order valence-electron chi connectivity index (χ4n) is 2.72. The maximum Gasteiger partial charge on any atom is 0.371 e. The first-order valence-electron chi connectivity index (χ1n) is 7.70. The summed E-state index contributed by atoms with van der Waals surface area (Å²) in [5.74, 6) is -4.45. The van der Waals surface area contributed by atoms with Crippen LogP contribution in [0.2, 0.25) is 0 Å². The van der Waals surface area contributed by atoms with Gasteiger partial charge in [0, 0.05) is 19.0 Å². The molecule has 7 nitrogen and oxygen atoms in total.